The molecule has 4 rings (SSSR count). The molecule has 0 spiro atoms. The van der Waals surface area contributed by atoms with Gasteiger partial charge in [-0.2, -0.15) is 0 Å². The molecule has 1 aliphatic rings. The number of rotatable bonds is 8. The van der Waals surface area contributed by atoms with E-state index in [9.17, 15) is 9.18 Å². The Morgan fingerprint density at radius 1 is 1.23 bits per heavy atom. The summed E-state index contributed by atoms with van der Waals surface area (Å²) in [6.07, 6.45) is 0.833. The van der Waals surface area contributed by atoms with Gasteiger partial charge in [0.1, 0.15) is 5.82 Å². The monoisotopic (exact) mass is 459 g/mol. The molecule has 31 heavy (non-hydrogen) atoms. The largest absolute Gasteiger partial charge is 0.379 e. The quantitative estimate of drug-likeness (QED) is 0.448. The summed E-state index contributed by atoms with van der Waals surface area (Å²) in [5.41, 5.74) is 1.35. The second kappa shape index (κ2) is 10.5. The number of carbonyl (C=O) groups excluding carboxylic acids is 1. The van der Waals surface area contributed by atoms with E-state index in [2.05, 4.69) is 16.8 Å². The van der Waals surface area contributed by atoms with Gasteiger partial charge in [0, 0.05) is 36.6 Å². The van der Waals surface area contributed by atoms with Gasteiger partial charge in [-0.15, -0.1) is 11.8 Å². The van der Waals surface area contributed by atoms with Gasteiger partial charge in [0.2, 0.25) is 0 Å². The molecular formula is C23H26FN3O2S2. The normalized spacial score (nSPS) is 14.8. The highest BCUT2D eigenvalue weighted by Gasteiger charge is 2.22. The molecule has 0 aliphatic carbocycles. The molecule has 0 saturated carbocycles. The maximum absolute atomic E-state index is 13.7. The number of fused-ring (bicyclic) bond motifs is 1. The van der Waals surface area contributed by atoms with E-state index in [4.69, 9.17) is 4.74 Å². The van der Waals surface area contributed by atoms with Crippen LogP contribution in [0.5, 0.6) is 0 Å². The van der Waals surface area contributed by atoms with Crippen LogP contribution in [0, 0.1) is 5.82 Å². The first-order valence-corrected chi connectivity index (χ1v) is 12.3. The SMILES string of the molecule is CCSc1ccc(C(=O)N(CCCN2CCOCC2)c2nc3ccc(F)cc3s2)cc1. The van der Waals surface area contributed by atoms with Crippen LogP contribution in [-0.2, 0) is 4.74 Å². The van der Waals surface area contributed by atoms with Crippen LogP contribution in [0.3, 0.4) is 0 Å². The minimum atomic E-state index is -0.295. The first kappa shape index (κ1) is 22.2. The van der Waals surface area contributed by atoms with E-state index < -0.39 is 0 Å². The number of nitrogens with zero attached hydrogens (tertiary/aromatic N) is 3. The lowest BCUT2D eigenvalue weighted by atomic mass is 10.2. The Kier molecular flexibility index (Phi) is 7.55. The molecule has 0 radical (unpaired) electrons. The number of anilines is 1. The number of amides is 1. The number of hydrogen-bond donors (Lipinski definition) is 0. The van der Waals surface area contributed by atoms with Gasteiger partial charge in [-0.25, -0.2) is 9.37 Å². The zero-order chi connectivity index (χ0) is 21.6. The number of thiazole rings is 1. The number of benzene rings is 2. The lowest BCUT2D eigenvalue weighted by Crippen LogP contribution is -2.39. The number of aromatic nitrogens is 1. The van der Waals surface area contributed by atoms with Crippen molar-refractivity contribution in [2.45, 2.75) is 18.2 Å². The summed E-state index contributed by atoms with van der Waals surface area (Å²) in [6.45, 7) is 6.93. The third-order valence-corrected chi connectivity index (χ3v) is 7.12. The van der Waals surface area contributed by atoms with E-state index >= 15 is 0 Å². The Bertz CT molecular complexity index is 1020. The van der Waals surface area contributed by atoms with E-state index in [0.717, 1.165) is 54.6 Å². The minimum Gasteiger partial charge on any atom is -0.379 e. The van der Waals surface area contributed by atoms with Gasteiger partial charge < -0.3 is 4.74 Å². The molecule has 0 N–H and O–H groups in total. The second-order valence-electron chi connectivity index (χ2n) is 7.33. The van der Waals surface area contributed by atoms with Gasteiger partial charge in [0.05, 0.1) is 23.4 Å². The first-order valence-electron chi connectivity index (χ1n) is 10.5. The summed E-state index contributed by atoms with van der Waals surface area (Å²) in [6, 6.07) is 12.3. The molecule has 5 nitrogen and oxygen atoms in total. The van der Waals surface area contributed by atoms with Gasteiger partial charge in [-0.05, 0) is 54.6 Å². The Labute approximate surface area is 190 Å². The van der Waals surface area contributed by atoms with Crippen molar-refractivity contribution in [2.75, 3.05) is 50.0 Å². The van der Waals surface area contributed by atoms with Crippen LogP contribution >= 0.6 is 23.1 Å². The Hall–Kier alpha value is -2.00. The van der Waals surface area contributed by atoms with Crippen molar-refractivity contribution >= 4 is 44.4 Å². The van der Waals surface area contributed by atoms with Crippen molar-refractivity contribution in [2.24, 2.45) is 0 Å². The minimum absolute atomic E-state index is 0.0745. The number of carbonyl (C=O) groups is 1. The summed E-state index contributed by atoms with van der Waals surface area (Å²) in [7, 11) is 0. The molecule has 1 aliphatic heterocycles. The van der Waals surface area contributed by atoms with Crippen LogP contribution in [0.4, 0.5) is 9.52 Å². The predicted molar refractivity (Wildman–Crippen MR) is 126 cm³/mol. The Morgan fingerprint density at radius 3 is 2.74 bits per heavy atom. The van der Waals surface area contributed by atoms with Crippen molar-refractivity contribution in [1.82, 2.24) is 9.88 Å². The van der Waals surface area contributed by atoms with E-state index in [-0.39, 0.29) is 11.7 Å². The molecule has 3 aromatic rings. The van der Waals surface area contributed by atoms with Gasteiger partial charge in [0.15, 0.2) is 5.13 Å². The smallest absolute Gasteiger partial charge is 0.260 e. The molecule has 2 aromatic carbocycles. The van der Waals surface area contributed by atoms with E-state index in [1.54, 1.807) is 22.7 Å². The van der Waals surface area contributed by atoms with Crippen LogP contribution in [-0.4, -0.2) is 60.9 Å². The van der Waals surface area contributed by atoms with E-state index in [1.807, 2.05) is 24.3 Å². The number of ether oxygens (including phenoxy) is 1. The predicted octanol–water partition coefficient (Wildman–Crippen LogP) is 4.92. The zero-order valence-electron chi connectivity index (χ0n) is 17.6. The summed E-state index contributed by atoms with van der Waals surface area (Å²) in [5, 5.41) is 0.611. The van der Waals surface area contributed by atoms with Crippen LogP contribution in [0.1, 0.15) is 23.7 Å². The molecular weight excluding hydrogens is 433 g/mol. The summed E-state index contributed by atoms with van der Waals surface area (Å²) < 4.78 is 19.8. The third kappa shape index (κ3) is 5.63. The maximum atomic E-state index is 13.7. The lowest BCUT2D eigenvalue weighted by Gasteiger charge is -2.27. The third-order valence-electron chi connectivity index (χ3n) is 5.19. The highest BCUT2D eigenvalue weighted by molar-refractivity contribution is 7.99. The van der Waals surface area contributed by atoms with Crippen molar-refractivity contribution in [3.63, 3.8) is 0 Å². The van der Waals surface area contributed by atoms with Crippen LogP contribution < -0.4 is 4.90 Å². The van der Waals surface area contributed by atoms with E-state index in [0.29, 0.717) is 22.8 Å². The summed E-state index contributed by atoms with van der Waals surface area (Å²) in [4.78, 5) is 23.3. The summed E-state index contributed by atoms with van der Waals surface area (Å²) in [5.74, 6) is 0.620. The fraction of sp³-hybridized carbons (Fsp3) is 0.391. The number of hydrogen-bond acceptors (Lipinski definition) is 6. The number of thioether (sulfide) groups is 1. The lowest BCUT2D eigenvalue weighted by molar-refractivity contribution is 0.0376. The van der Waals surface area contributed by atoms with Crippen LogP contribution in [0.15, 0.2) is 47.4 Å². The fourth-order valence-corrected chi connectivity index (χ4v) is 5.26. The Morgan fingerprint density at radius 2 is 2.00 bits per heavy atom. The molecule has 164 valence electrons. The second-order valence-corrected chi connectivity index (χ2v) is 9.68. The number of morpholine rings is 1. The topological polar surface area (TPSA) is 45.7 Å². The standard InChI is InChI=1S/C23H26FN3O2S2/c1-2-30-19-7-4-17(5-8-19)22(28)27(11-3-10-26-12-14-29-15-13-26)23-25-20-9-6-18(24)16-21(20)31-23/h4-9,16H,2-3,10-15H2,1H3. The molecule has 1 aromatic heterocycles. The average molecular weight is 460 g/mol. The Balaban J connectivity index is 1.55. The highest BCUT2D eigenvalue weighted by Crippen LogP contribution is 2.31. The average Bonchev–Trinajstić information content (AvgIpc) is 3.20. The van der Waals surface area contributed by atoms with Gasteiger partial charge in [0.25, 0.3) is 5.91 Å². The summed E-state index contributed by atoms with van der Waals surface area (Å²) >= 11 is 3.10. The van der Waals surface area contributed by atoms with Gasteiger partial charge >= 0.3 is 0 Å². The van der Waals surface area contributed by atoms with Crippen LogP contribution in [0.25, 0.3) is 10.2 Å². The van der Waals surface area contributed by atoms with Crippen molar-refractivity contribution < 1.29 is 13.9 Å². The van der Waals surface area contributed by atoms with Crippen molar-refractivity contribution in [1.29, 1.82) is 0 Å². The van der Waals surface area contributed by atoms with Crippen molar-refractivity contribution in [3.8, 4) is 0 Å². The van der Waals surface area contributed by atoms with Gasteiger partial charge in [-0.1, -0.05) is 18.3 Å². The van der Waals surface area contributed by atoms with Crippen molar-refractivity contribution in [3.05, 3.63) is 53.8 Å². The molecule has 0 unspecified atom stereocenters. The molecule has 1 fully saturated rings. The number of halogens is 1. The molecule has 0 atom stereocenters. The maximum Gasteiger partial charge on any atom is 0.260 e. The van der Waals surface area contributed by atoms with E-state index in [1.165, 1.54) is 23.5 Å². The molecule has 1 amide bonds. The zero-order valence-corrected chi connectivity index (χ0v) is 19.2. The molecule has 2 heterocycles. The molecule has 8 heteroatoms. The molecule has 1 saturated heterocycles. The fourth-order valence-electron chi connectivity index (χ4n) is 3.58. The van der Waals surface area contributed by atoms with Gasteiger partial charge in [-0.3, -0.25) is 14.6 Å². The van der Waals surface area contributed by atoms with Crippen LogP contribution in [0.2, 0.25) is 0 Å². The highest BCUT2D eigenvalue weighted by atomic mass is 32.2. The first-order chi connectivity index (χ1) is 15.1. The molecule has 0 bridgehead atoms.